The number of carbonyl (C=O) groups is 5. The quantitative estimate of drug-likeness (QED) is 0.0294. The molecule has 0 saturated carbocycles. The van der Waals surface area contributed by atoms with Crippen LogP contribution in [0, 0.1) is 0 Å². The Labute approximate surface area is 309 Å². The molecule has 4 rings (SSSR count). The molecule has 0 spiro atoms. The van der Waals surface area contributed by atoms with E-state index in [1.54, 1.807) is 36.4 Å². The molecule has 0 radical (unpaired) electrons. The molecule has 13 heteroatoms. The highest BCUT2D eigenvalue weighted by Crippen LogP contribution is 2.22. The second kappa shape index (κ2) is 19.9. The van der Waals surface area contributed by atoms with Gasteiger partial charge in [-0.1, -0.05) is 40.0 Å². The molecule has 2 amide bonds. The van der Waals surface area contributed by atoms with Gasteiger partial charge in [0.25, 0.3) is 11.8 Å². The van der Waals surface area contributed by atoms with E-state index < -0.39 is 23.6 Å². The van der Waals surface area contributed by atoms with Gasteiger partial charge in [0.15, 0.2) is 17.3 Å². The minimum atomic E-state index is -1.43. The smallest absolute Gasteiger partial charge is 0.323 e. The lowest BCUT2D eigenvalue weighted by Gasteiger charge is -2.17. The molecule has 0 aliphatic heterocycles. The van der Waals surface area contributed by atoms with Gasteiger partial charge in [0.05, 0.1) is 16.7 Å². The number of fused-ring (bicyclic) bond motifs is 1. The van der Waals surface area contributed by atoms with E-state index in [1.807, 2.05) is 0 Å². The van der Waals surface area contributed by atoms with E-state index in [-0.39, 0.29) is 22.8 Å². The van der Waals surface area contributed by atoms with Gasteiger partial charge in [-0.3, -0.25) is 24.0 Å². The number of hydrogen-bond acceptors (Lipinski definition) is 9. The number of nitrogens with zero attached hydrogens (tertiary/aromatic N) is 3. The Kier molecular flexibility index (Phi) is 15.1. The third-order valence-electron chi connectivity index (χ3n) is 8.95. The second-order valence-electron chi connectivity index (χ2n) is 13.0. The van der Waals surface area contributed by atoms with Crippen molar-refractivity contribution < 1.29 is 24.0 Å². The maximum Gasteiger partial charge on any atom is 0.323 e. The number of Topliss-reactive ketones (excluding diaryl/α,β-unsaturated/α-hetero) is 3. The molecule has 1 unspecified atom stereocenters. The Balaban J connectivity index is 1.43. The lowest BCUT2D eigenvalue weighted by Crippen LogP contribution is -2.31. The minimum Gasteiger partial charge on any atom is -0.324 e. The summed E-state index contributed by atoms with van der Waals surface area (Å²) in [6.07, 6.45) is 6.13. The summed E-state index contributed by atoms with van der Waals surface area (Å²) in [5, 5.41) is 13.5. The first-order valence-electron chi connectivity index (χ1n) is 18.3. The van der Waals surface area contributed by atoms with E-state index in [0.29, 0.717) is 52.1 Å². The van der Waals surface area contributed by atoms with Gasteiger partial charge >= 0.3 is 5.69 Å². The Morgan fingerprint density at radius 2 is 1.34 bits per heavy atom. The summed E-state index contributed by atoms with van der Waals surface area (Å²) < 4.78 is 0. The van der Waals surface area contributed by atoms with Crippen LogP contribution in [0.3, 0.4) is 0 Å². The molecule has 280 valence electrons. The summed E-state index contributed by atoms with van der Waals surface area (Å²) in [6.45, 7) is 10.4. The zero-order chi connectivity index (χ0) is 38.3. The van der Waals surface area contributed by atoms with Crippen LogP contribution < -0.4 is 16.3 Å². The fourth-order valence-electron chi connectivity index (χ4n) is 5.83. The number of ketones is 3. The maximum absolute atomic E-state index is 13.3. The van der Waals surface area contributed by atoms with Gasteiger partial charge < -0.3 is 25.5 Å². The molecule has 0 fully saturated rings. The zero-order valence-electron chi connectivity index (χ0n) is 30.9. The van der Waals surface area contributed by atoms with Crippen LogP contribution in [0.15, 0.2) is 75.7 Å². The fraction of sp³-hybridized carbons (Fsp3) is 0.400. The number of amides is 2. The normalized spacial score (nSPS) is 11.9. The van der Waals surface area contributed by atoms with Crippen molar-refractivity contribution in [3.8, 4) is 0 Å². The number of azo groups is 1. The van der Waals surface area contributed by atoms with Crippen molar-refractivity contribution in [3.63, 3.8) is 0 Å². The number of rotatable bonds is 21. The molecule has 0 bridgehead atoms. The van der Waals surface area contributed by atoms with Gasteiger partial charge in [-0.25, -0.2) is 4.79 Å². The summed E-state index contributed by atoms with van der Waals surface area (Å²) in [5.74, 6) is -1.84. The molecular weight excluding hydrogens is 674 g/mol. The molecule has 53 heavy (non-hydrogen) atoms. The SMILES string of the molecule is CCCCCCC(=O)c1cc(NC(=O)c2ccc(N=NC(C(C)=O)C(=O)Nc3ccc4[nH]c(=O)[nH]c4c3)cc2)cc(C(=O)CCCCN(CC)CC)c1. The van der Waals surface area contributed by atoms with Crippen LogP contribution in [0.4, 0.5) is 17.1 Å². The van der Waals surface area contributed by atoms with Gasteiger partial charge in [0.1, 0.15) is 0 Å². The Bertz CT molecular complexity index is 1990. The van der Waals surface area contributed by atoms with E-state index in [4.69, 9.17) is 0 Å². The predicted molar refractivity (Wildman–Crippen MR) is 206 cm³/mol. The van der Waals surface area contributed by atoms with Crippen LogP contribution in [-0.4, -0.2) is 69.7 Å². The van der Waals surface area contributed by atoms with Gasteiger partial charge in [-0.05, 0) is 106 Å². The standard InChI is InChI=1S/C40H49N7O6/c1-5-8-9-10-13-35(49)28-22-29(36(50)14-11-12-21-47(6-2)7-3)24-32(23-28)42-38(51)27-15-17-30(18-16-27)45-46-37(26(4)48)39(52)41-31-19-20-33-34(25-31)44-40(53)43-33/h15-20,22-25,37H,5-14,21H2,1-4H3,(H,41,52)(H,42,51)(H2,43,44,53). The third kappa shape index (κ3) is 12.0. The highest BCUT2D eigenvalue weighted by molar-refractivity contribution is 6.10. The highest BCUT2D eigenvalue weighted by atomic mass is 16.2. The number of nitrogens with one attached hydrogen (secondary N) is 4. The fourth-order valence-corrected chi connectivity index (χ4v) is 5.83. The van der Waals surface area contributed by atoms with Crippen LogP contribution in [0.25, 0.3) is 11.0 Å². The van der Waals surface area contributed by atoms with Crippen LogP contribution >= 0.6 is 0 Å². The summed E-state index contributed by atoms with van der Waals surface area (Å²) in [7, 11) is 0. The van der Waals surface area contributed by atoms with Crippen LogP contribution in [-0.2, 0) is 9.59 Å². The Morgan fingerprint density at radius 3 is 1.96 bits per heavy atom. The number of unbranched alkanes of at least 4 members (excludes halogenated alkanes) is 4. The van der Waals surface area contributed by atoms with Crippen molar-refractivity contribution in [1.82, 2.24) is 14.9 Å². The first-order valence-corrected chi connectivity index (χ1v) is 18.3. The van der Waals surface area contributed by atoms with Crippen molar-refractivity contribution in [1.29, 1.82) is 0 Å². The number of aromatic amines is 2. The summed E-state index contributed by atoms with van der Waals surface area (Å²) >= 11 is 0. The average Bonchev–Trinajstić information content (AvgIpc) is 3.52. The molecular formula is C40H49N7O6. The lowest BCUT2D eigenvalue weighted by atomic mass is 9.97. The number of H-pyrrole nitrogens is 2. The van der Waals surface area contributed by atoms with Crippen molar-refractivity contribution in [2.75, 3.05) is 30.3 Å². The van der Waals surface area contributed by atoms with Crippen molar-refractivity contribution in [2.45, 2.75) is 85.1 Å². The van der Waals surface area contributed by atoms with Crippen LogP contribution in [0.1, 0.15) is 110 Å². The summed E-state index contributed by atoms with van der Waals surface area (Å²) in [6, 6.07) is 14.3. The molecule has 1 heterocycles. The molecule has 13 nitrogen and oxygen atoms in total. The number of imidazole rings is 1. The summed E-state index contributed by atoms with van der Waals surface area (Å²) in [4.78, 5) is 84.0. The topological polar surface area (TPSA) is 186 Å². The van der Waals surface area contributed by atoms with Gasteiger partial charge in [0.2, 0.25) is 6.04 Å². The largest absolute Gasteiger partial charge is 0.324 e. The van der Waals surface area contributed by atoms with E-state index in [9.17, 15) is 28.8 Å². The third-order valence-corrected chi connectivity index (χ3v) is 8.95. The maximum atomic E-state index is 13.3. The molecule has 4 N–H and O–H groups in total. The van der Waals surface area contributed by atoms with Crippen LogP contribution in [0.2, 0.25) is 0 Å². The van der Waals surface area contributed by atoms with E-state index >= 15 is 0 Å². The second-order valence-corrected chi connectivity index (χ2v) is 13.0. The van der Waals surface area contributed by atoms with E-state index in [0.717, 1.165) is 58.2 Å². The first-order chi connectivity index (χ1) is 25.5. The van der Waals surface area contributed by atoms with Crippen LogP contribution in [0.5, 0.6) is 0 Å². The monoisotopic (exact) mass is 723 g/mol. The number of benzene rings is 3. The van der Waals surface area contributed by atoms with Gasteiger partial charge in [-0.2, -0.15) is 10.2 Å². The zero-order valence-corrected chi connectivity index (χ0v) is 30.9. The number of carbonyl (C=O) groups excluding carboxylic acids is 5. The number of aromatic nitrogens is 2. The average molecular weight is 724 g/mol. The molecule has 0 aliphatic rings. The molecule has 0 saturated heterocycles. The molecule has 3 aromatic carbocycles. The molecule has 1 aromatic heterocycles. The van der Waals surface area contributed by atoms with Crippen molar-refractivity contribution in [3.05, 3.63) is 87.8 Å². The molecule has 0 aliphatic carbocycles. The minimum absolute atomic E-state index is 0.0712. The van der Waals surface area contributed by atoms with E-state index in [1.165, 1.54) is 31.2 Å². The van der Waals surface area contributed by atoms with Crippen molar-refractivity contribution >= 4 is 57.3 Å². The Morgan fingerprint density at radius 1 is 0.698 bits per heavy atom. The van der Waals surface area contributed by atoms with Crippen molar-refractivity contribution in [2.24, 2.45) is 10.2 Å². The lowest BCUT2D eigenvalue weighted by molar-refractivity contribution is -0.126. The summed E-state index contributed by atoms with van der Waals surface area (Å²) in [5.41, 5.74) is 2.75. The number of anilines is 2. The number of hydrogen-bond donors (Lipinski definition) is 4. The Hall–Kier alpha value is -5.56. The molecule has 1 atom stereocenters. The molecule has 4 aromatic rings. The first kappa shape index (κ1) is 40.2. The van der Waals surface area contributed by atoms with Gasteiger partial charge in [-0.15, -0.1) is 0 Å². The van der Waals surface area contributed by atoms with E-state index in [2.05, 4.69) is 56.5 Å². The highest BCUT2D eigenvalue weighted by Gasteiger charge is 2.23. The predicted octanol–water partition coefficient (Wildman–Crippen LogP) is 7.64. The van der Waals surface area contributed by atoms with Gasteiger partial charge in [0, 0.05) is 40.9 Å².